The van der Waals surface area contributed by atoms with Crippen molar-refractivity contribution in [3.8, 4) is 0 Å². The van der Waals surface area contributed by atoms with Gasteiger partial charge in [-0.15, -0.1) is 0 Å². The number of nitrogens with one attached hydrogen (secondary N) is 1. The van der Waals surface area contributed by atoms with Gasteiger partial charge in [0.25, 0.3) is 0 Å². The third-order valence-corrected chi connectivity index (χ3v) is 7.46. The average molecular weight is 582 g/mol. The van der Waals surface area contributed by atoms with Crippen LogP contribution >= 0.6 is 0 Å². The van der Waals surface area contributed by atoms with Gasteiger partial charge in [-0.1, -0.05) is 20.8 Å². The smallest absolute Gasteiger partial charge is 0.481 e. The highest BCUT2D eigenvalue weighted by Gasteiger charge is 2.46. The Hall–Kier alpha value is -3.31. The molecule has 0 saturated heterocycles. The number of carboxylic acid groups (broad SMARTS) is 1. The van der Waals surface area contributed by atoms with Gasteiger partial charge in [-0.25, -0.2) is 14.6 Å². The second kappa shape index (κ2) is 15.6. The van der Waals surface area contributed by atoms with Crippen molar-refractivity contribution in [3.05, 3.63) is 18.2 Å². The molecular formula is C29H47N3O9. The molecular weight excluding hydrogens is 534 g/mol. The minimum atomic E-state index is -1.54. The quantitative estimate of drug-likeness (QED) is 0.169. The molecule has 0 aromatic carbocycles. The first-order valence-corrected chi connectivity index (χ1v) is 14.5. The minimum absolute atomic E-state index is 0.0151. The highest BCUT2D eigenvalue weighted by atomic mass is 16.7. The molecule has 0 bridgehead atoms. The van der Waals surface area contributed by atoms with Crippen LogP contribution in [0.3, 0.4) is 0 Å². The van der Waals surface area contributed by atoms with Gasteiger partial charge in [0, 0.05) is 32.1 Å². The van der Waals surface area contributed by atoms with E-state index in [1.807, 2.05) is 6.20 Å². The highest BCUT2D eigenvalue weighted by molar-refractivity contribution is 5.76. The number of imidazole rings is 1. The molecule has 1 amide bonds. The van der Waals surface area contributed by atoms with Crippen LogP contribution in [-0.4, -0.2) is 63.9 Å². The SMILES string of the molecule is CC1CCC(n2cnc(C[C@](CCCNC(=O)OC(C)OC(=O)C(C)C)(C(=O)O)C(C)OC(=O)OC(C)C)c2)CC1. The standard InChI is InChI=1S/C29H47N3O9/c1-18(2)25(33)40-22(7)41-27(36)30-14-8-13-29(26(34)35,21(6)39-28(37)38-19(3)4)15-23-16-32(17-31-23)24-11-9-20(5)10-12-24/h16-22,24H,8-15H2,1-7H3,(H,30,36)(H,34,35)/t20?,21?,22?,24?,29-/m0/s1. The molecule has 12 heteroatoms. The Labute approximate surface area is 242 Å². The number of carboxylic acids is 1. The van der Waals surface area contributed by atoms with E-state index in [2.05, 4.69) is 21.8 Å². The van der Waals surface area contributed by atoms with Crippen LogP contribution in [0.2, 0.25) is 0 Å². The third kappa shape index (κ3) is 10.6. The lowest BCUT2D eigenvalue weighted by molar-refractivity contribution is -0.168. The zero-order valence-electron chi connectivity index (χ0n) is 25.4. The number of hydrogen-bond donors (Lipinski definition) is 2. The van der Waals surface area contributed by atoms with E-state index in [9.17, 15) is 24.3 Å². The molecule has 1 aromatic rings. The van der Waals surface area contributed by atoms with E-state index < -0.39 is 48.1 Å². The van der Waals surface area contributed by atoms with Crippen LogP contribution < -0.4 is 5.32 Å². The lowest BCUT2D eigenvalue weighted by Crippen LogP contribution is -2.46. The van der Waals surface area contributed by atoms with Gasteiger partial charge in [-0.05, 0) is 65.2 Å². The molecule has 41 heavy (non-hydrogen) atoms. The summed E-state index contributed by atoms with van der Waals surface area (Å²) >= 11 is 0. The van der Waals surface area contributed by atoms with E-state index >= 15 is 0 Å². The van der Waals surface area contributed by atoms with E-state index in [-0.39, 0.29) is 31.7 Å². The van der Waals surface area contributed by atoms with Crippen molar-refractivity contribution >= 4 is 24.2 Å². The number of hydrogen-bond acceptors (Lipinski definition) is 9. The van der Waals surface area contributed by atoms with Crippen molar-refractivity contribution < 1.29 is 43.2 Å². The van der Waals surface area contributed by atoms with Crippen LogP contribution in [0.15, 0.2) is 12.5 Å². The molecule has 2 unspecified atom stereocenters. The van der Waals surface area contributed by atoms with E-state index in [0.717, 1.165) is 25.7 Å². The van der Waals surface area contributed by atoms with Crippen LogP contribution in [0.4, 0.5) is 9.59 Å². The van der Waals surface area contributed by atoms with Crippen molar-refractivity contribution in [2.24, 2.45) is 17.3 Å². The van der Waals surface area contributed by atoms with Gasteiger partial charge >= 0.3 is 24.2 Å². The first-order valence-electron chi connectivity index (χ1n) is 14.5. The second-order valence-corrected chi connectivity index (χ2v) is 11.6. The minimum Gasteiger partial charge on any atom is -0.481 e. The molecule has 1 aromatic heterocycles. The Bertz CT molecular complexity index is 1020. The number of ether oxygens (including phenoxy) is 4. The maximum absolute atomic E-state index is 12.8. The van der Waals surface area contributed by atoms with Crippen LogP contribution in [0, 0.1) is 17.3 Å². The van der Waals surface area contributed by atoms with E-state index in [1.165, 1.54) is 13.8 Å². The van der Waals surface area contributed by atoms with Crippen molar-refractivity contribution in [2.75, 3.05) is 6.54 Å². The predicted molar refractivity (Wildman–Crippen MR) is 149 cm³/mol. The maximum atomic E-state index is 12.8. The van der Waals surface area contributed by atoms with Crippen LogP contribution in [0.5, 0.6) is 0 Å². The summed E-state index contributed by atoms with van der Waals surface area (Å²) in [6.45, 7) is 12.0. The molecule has 3 atom stereocenters. The second-order valence-electron chi connectivity index (χ2n) is 11.6. The molecule has 0 spiro atoms. The Morgan fingerprint density at radius 1 is 1.02 bits per heavy atom. The van der Waals surface area contributed by atoms with Crippen molar-refractivity contribution in [1.29, 1.82) is 0 Å². The van der Waals surface area contributed by atoms with Gasteiger partial charge in [-0.3, -0.25) is 9.59 Å². The summed E-state index contributed by atoms with van der Waals surface area (Å²) < 4.78 is 22.6. The van der Waals surface area contributed by atoms with Gasteiger partial charge < -0.3 is 33.9 Å². The normalized spacial score (nSPS) is 20.0. The van der Waals surface area contributed by atoms with Gasteiger partial charge in [0.2, 0.25) is 6.29 Å². The summed E-state index contributed by atoms with van der Waals surface area (Å²) in [7, 11) is 0. The van der Waals surface area contributed by atoms with Gasteiger partial charge in [-0.2, -0.15) is 0 Å². The van der Waals surface area contributed by atoms with Crippen LogP contribution in [-0.2, 0) is 35.0 Å². The van der Waals surface area contributed by atoms with Crippen LogP contribution in [0.1, 0.15) is 98.7 Å². The number of carbonyl (C=O) groups is 4. The lowest BCUT2D eigenvalue weighted by atomic mass is 9.74. The van der Waals surface area contributed by atoms with Gasteiger partial charge in [0.15, 0.2) is 0 Å². The monoisotopic (exact) mass is 581 g/mol. The molecule has 1 aliphatic carbocycles. The zero-order chi connectivity index (χ0) is 30.7. The Morgan fingerprint density at radius 2 is 1.68 bits per heavy atom. The Morgan fingerprint density at radius 3 is 2.27 bits per heavy atom. The molecule has 232 valence electrons. The molecule has 1 fully saturated rings. The zero-order valence-corrected chi connectivity index (χ0v) is 25.4. The summed E-state index contributed by atoms with van der Waals surface area (Å²) in [5, 5.41) is 13.0. The molecule has 2 N–H and O–H groups in total. The summed E-state index contributed by atoms with van der Waals surface area (Å²) in [5.41, 5.74) is -0.964. The van der Waals surface area contributed by atoms with Crippen molar-refractivity contribution in [1.82, 2.24) is 14.9 Å². The lowest BCUT2D eigenvalue weighted by Gasteiger charge is -2.34. The first kappa shape index (κ1) is 33.9. The number of aliphatic carboxylic acids is 1. The molecule has 0 radical (unpaired) electrons. The molecule has 1 heterocycles. The summed E-state index contributed by atoms with van der Waals surface area (Å²) in [5.74, 6) is -1.32. The maximum Gasteiger partial charge on any atom is 0.508 e. The van der Waals surface area contributed by atoms with E-state index in [0.29, 0.717) is 17.7 Å². The molecule has 2 rings (SSSR count). The van der Waals surface area contributed by atoms with E-state index in [4.69, 9.17) is 18.9 Å². The fourth-order valence-corrected chi connectivity index (χ4v) is 4.91. The van der Waals surface area contributed by atoms with E-state index in [1.54, 1.807) is 34.0 Å². The summed E-state index contributed by atoms with van der Waals surface area (Å²) in [4.78, 5) is 53.5. The summed E-state index contributed by atoms with van der Waals surface area (Å²) in [6, 6.07) is 0.318. The average Bonchev–Trinajstić information content (AvgIpc) is 3.33. The number of amides is 1. The Balaban J connectivity index is 2.11. The number of esters is 1. The molecule has 12 nitrogen and oxygen atoms in total. The van der Waals surface area contributed by atoms with Crippen molar-refractivity contribution in [3.63, 3.8) is 0 Å². The topological polar surface area (TPSA) is 155 Å². The predicted octanol–water partition coefficient (Wildman–Crippen LogP) is 5.25. The number of nitrogens with zero attached hydrogens (tertiary/aromatic N) is 2. The number of carbonyl (C=O) groups excluding carboxylic acids is 3. The van der Waals surface area contributed by atoms with Gasteiger partial charge in [0.1, 0.15) is 11.5 Å². The molecule has 1 aliphatic rings. The first-order chi connectivity index (χ1) is 19.2. The van der Waals surface area contributed by atoms with Crippen LogP contribution in [0.25, 0.3) is 0 Å². The number of alkyl carbamates (subject to hydrolysis) is 1. The Kier molecular flexibility index (Phi) is 12.9. The highest BCUT2D eigenvalue weighted by Crippen LogP contribution is 2.36. The third-order valence-electron chi connectivity index (χ3n) is 7.46. The fraction of sp³-hybridized carbons (Fsp3) is 0.759. The number of rotatable bonds is 14. The fourth-order valence-electron chi connectivity index (χ4n) is 4.91. The number of aromatic nitrogens is 2. The van der Waals surface area contributed by atoms with Gasteiger partial charge in [0.05, 0.1) is 24.0 Å². The molecule has 0 aliphatic heterocycles. The molecule has 1 saturated carbocycles. The van der Waals surface area contributed by atoms with Crippen molar-refractivity contribution in [2.45, 2.75) is 118 Å². The largest absolute Gasteiger partial charge is 0.508 e. The summed E-state index contributed by atoms with van der Waals surface area (Å²) in [6.07, 6.45) is 3.95.